The number of aromatic nitrogens is 2. The van der Waals surface area contributed by atoms with E-state index in [1.54, 1.807) is 18.6 Å². The van der Waals surface area contributed by atoms with Crippen LogP contribution < -0.4 is 9.46 Å². The van der Waals surface area contributed by atoms with Gasteiger partial charge in [-0.2, -0.15) is 0 Å². The van der Waals surface area contributed by atoms with Crippen LogP contribution in [0, 0.1) is 0 Å². The Morgan fingerprint density at radius 2 is 2.20 bits per heavy atom. The first-order chi connectivity index (χ1) is 9.53. The highest BCUT2D eigenvalue weighted by Crippen LogP contribution is 2.20. The van der Waals surface area contributed by atoms with Crippen molar-refractivity contribution >= 4 is 21.4 Å². The fourth-order valence-corrected chi connectivity index (χ4v) is 3.43. The minimum absolute atomic E-state index is 0.109. The number of nitrogens with one attached hydrogen (secondary N) is 1. The van der Waals surface area contributed by atoms with Crippen LogP contribution in [0.15, 0.2) is 34.9 Å². The van der Waals surface area contributed by atoms with Gasteiger partial charge in [0.25, 0.3) is 0 Å². The van der Waals surface area contributed by atoms with Crippen molar-refractivity contribution in [1.82, 2.24) is 14.7 Å². The van der Waals surface area contributed by atoms with Crippen LogP contribution in [-0.4, -0.2) is 25.0 Å². The Morgan fingerprint density at radius 3 is 2.75 bits per heavy atom. The lowest BCUT2D eigenvalue weighted by atomic mass is 10.3. The van der Waals surface area contributed by atoms with Crippen LogP contribution in [0.3, 0.4) is 0 Å². The zero-order chi connectivity index (χ0) is 14.6. The van der Waals surface area contributed by atoms with Gasteiger partial charge in [0.15, 0.2) is 0 Å². The lowest BCUT2D eigenvalue weighted by Gasteiger charge is -2.12. The number of pyridine rings is 1. The molecule has 0 saturated carbocycles. The number of hydrogen-bond donors (Lipinski definition) is 1. The van der Waals surface area contributed by atoms with Gasteiger partial charge >= 0.3 is 0 Å². The summed E-state index contributed by atoms with van der Waals surface area (Å²) in [6.07, 6.45) is 2.93. The first-order valence-corrected chi connectivity index (χ1v) is 8.39. The van der Waals surface area contributed by atoms with E-state index in [2.05, 4.69) is 14.7 Å². The van der Waals surface area contributed by atoms with Crippen molar-refractivity contribution < 1.29 is 13.2 Å². The highest BCUT2D eigenvalue weighted by molar-refractivity contribution is 7.89. The van der Waals surface area contributed by atoms with E-state index in [9.17, 15) is 8.42 Å². The van der Waals surface area contributed by atoms with Gasteiger partial charge in [-0.3, -0.25) is 4.98 Å². The van der Waals surface area contributed by atoms with Crippen LogP contribution in [0.2, 0.25) is 0 Å². The summed E-state index contributed by atoms with van der Waals surface area (Å²) >= 11 is 1.40. The second-order valence-corrected chi connectivity index (χ2v) is 6.64. The molecule has 2 aromatic heterocycles. The highest BCUT2D eigenvalue weighted by atomic mass is 32.2. The Balaban J connectivity index is 2.13. The molecule has 0 aliphatic heterocycles. The summed E-state index contributed by atoms with van der Waals surface area (Å²) in [7, 11) is -3.61. The topological polar surface area (TPSA) is 81.2 Å². The quantitative estimate of drug-likeness (QED) is 0.882. The zero-order valence-electron chi connectivity index (χ0n) is 11.1. The maximum Gasteiger partial charge on any atom is 0.242 e. The lowest BCUT2D eigenvalue weighted by Crippen LogP contribution is -2.26. The van der Waals surface area contributed by atoms with Crippen molar-refractivity contribution in [2.75, 3.05) is 6.61 Å². The van der Waals surface area contributed by atoms with Crippen LogP contribution >= 0.6 is 11.3 Å². The molecule has 6 nitrogen and oxygen atoms in total. The van der Waals surface area contributed by atoms with Crippen LogP contribution in [-0.2, 0) is 10.0 Å². The average Bonchev–Trinajstić information content (AvgIpc) is 2.93. The monoisotopic (exact) mass is 313 g/mol. The molecule has 20 heavy (non-hydrogen) atoms. The van der Waals surface area contributed by atoms with E-state index in [-0.39, 0.29) is 10.9 Å². The predicted molar refractivity (Wildman–Crippen MR) is 76.3 cm³/mol. The van der Waals surface area contributed by atoms with Crippen molar-refractivity contribution in [2.24, 2.45) is 0 Å². The van der Waals surface area contributed by atoms with Gasteiger partial charge in [0.05, 0.1) is 24.4 Å². The van der Waals surface area contributed by atoms with Gasteiger partial charge in [0.2, 0.25) is 15.9 Å². The van der Waals surface area contributed by atoms with Gasteiger partial charge in [0.1, 0.15) is 4.90 Å². The second kappa shape index (κ2) is 6.29. The molecule has 0 aliphatic carbocycles. The number of nitrogens with zero attached hydrogens (tertiary/aromatic N) is 2. The van der Waals surface area contributed by atoms with Crippen molar-refractivity contribution in [3.8, 4) is 5.88 Å². The minimum atomic E-state index is -3.61. The Morgan fingerprint density at radius 1 is 1.40 bits per heavy atom. The fourth-order valence-electron chi connectivity index (χ4n) is 1.56. The molecule has 108 valence electrons. The molecule has 1 N–H and O–H groups in total. The first-order valence-electron chi connectivity index (χ1n) is 6.02. The third-order valence-electron chi connectivity index (χ3n) is 2.52. The second-order valence-electron chi connectivity index (χ2n) is 4.01. The molecule has 0 unspecified atom stereocenters. The Bertz CT molecular complexity index is 639. The molecule has 0 saturated heterocycles. The molecule has 0 aliphatic rings. The highest BCUT2D eigenvalue weighted by Gasteiger charge is 2.19. The summed E-state index contributed by atoms with van der Waals surface area (Å²) in [5.74, 6) is 0.405. The largest absolute Gasteiger partial charge is 0.478 e. The number of rotatable bonds is 6. The lowest BCUT2D eigenvalue weighted by molar-refractivity contribution is 0.326. The minimum Gasteiger partial charge on any atom is -0.478 e. The number of ether oxygens (including phenoxy) is 1. The predicted octanol–water partition coefficient (Wildman–Crippen LogP) is 1.98. The summed E-state index contributed by atoms with van der Waals surface area (Å²) in [5.41, 5.74) is 1.67. The molecule has 2 heterocycles. The van der Waals surface area contributed by atoms with Gasteiger partial charge in [-0.05, 0) is 19.9 Å². The number of hydrogen-bond acceptors (Lipinski definition) is 6. The van der Waals surface area contributed by atoms with E-state index in [4.69, 9.17) is 4.74 Å². The van der Waals surface area contributed by atoms with Gasteiger partial charge in [-0.25, -0.2) is 18.1 Å². The Hall–Kier alpha value is -1.51. The molecule has 0 fully saturated rings. The smallest absolute Gasteiger partial charge is 0.242 e. The van der Waals surface area contributed by atoms with Gasteiger partial charge in [-0.1, -0.05) is 0 Å². The van der Waals surface area contributed by atoms with Gasteiger partial charge in [0, 0.05) is 17.1 Å². The van der Waals surface area contributed by atoms with E-state index < -0.39 is 10.0 Å². The van der Waals surface area contributed by atoms with Crippen LogP contribution in [0.25, 0.3) is 0 Å². The van der Waals surface area contributed by atoms with Crippen LogP contribution in [0.4, 0.5) is 0 Å². The van der Waals surface area contributed by atoms with E-state index in [1.165, 1.54) is 29.7 Å². The third kappa shape index (κ3) is 3.53. The molecule has 2 rings (SSSR count). The maximum absolute atomic E-state index is 12.2. The van der Waals surface area contributed by atoms with E-state index in [0.29, 0.717) is 12.5 Å². The Kier molecular flexibility index (Phi) is 4.69. The van der Waals surface area contributed by atoms with Crippen LogP contribution in [0.5, 0.6) is 5.88 Å². The maximum atomic E-state index is 12.2. The molecule has 0 radical (unpaired) electrons. The standard InChI is InChI=1S/C12H15N3O3S2/c1-3-18-12-5-4-10(6-14-12)20(16,17)15-9(2)11-7-13-8-19-11/h4-9,15H,3H2,1-2H3/t9-/m0/s1. The SMILES string of the molecule is CCOc1ccc(S(=O)(=O)N[C@@H](C)c2cncs2)cn1. The molecule has 0 aromatic carbocycles. The molecule has 1 atom stereocenters. The Labute approximate surface area is 121 Å². The van der Waals surface area contributed by atoms with Crippen molar-refractivity contribution in [3.63, 3.8) is 0 Å². The van der Waals surface area contributed by atoms with Gasteiger partial charge < -0.3 is 4.74 Å². The number of thiazole rings is 1. The molecular formula is C12H15N3O3S2. The molecule has 0 spiro atoms. The van der Waals surface area contributed by atoms with Crippen LogP contribution in [0.1, 0.15) is 24.8 Å². The summed E-state index contributed by atoms with van der Waals surface area (Å²) < 4.78 is 32.2. The van der Waals surface area contributed by atoms with Gasteiger partial charge in [-0.15, -0.1) is 11.3 Å². The van der Waals surface area contributed by atoms with E-state index >= 15 is 0 Å². The molecule has 0 amide bonds. The summed E-state index contributed by atoms with van der Waals surface area (Å²) in [6, 6.07) is 2.67. The summed E-state index contributed by atoms with van der Waals surface area (Å²) in [4.78, 5) is 8.85. The fraction of sp³-hybridized carbons (Fsp3) is 0.333. The molecule has 2 aromatic rings. The average molecular weight is 313 g/mol. The van der Waals surface area contributed by atoms with E-state index in [0.717, 1.165) is 4.88 Å². The molecular weight excluding hydrogens is 298 g/mol. The first kappa shape index (κ1) is 14.9. The number of sulfonamides is 1. The van der Waals surface area contributed by atoms with E-state index in [1.807, 2.05) is 6.92 Å². The summed E-state index contributed by atoms with van der Waals surface area (Å²) in [5, 5.41) is 0. The zero-order valence-corrected chi connectivity index (χ0v) is 12.7. The summed E-state index contributed by atoms with van der Waals surface area (Å²) in [6.45, 7) is 4.09. The molecule has 0 bridgehead atoms. The van der Waals surface area contributed by atoms with Crippen molar-refractivity contribution in [2.45, 2.75) is 24.8 Å². The van der Waals surface area contributed by atoms with Crippen molar-refractivity contribution in [3.05, 3.63) is 34.9 Å². The third-order valence-corrected chi connectivity index (χ3v) is 5.01. The van der Waals surface area contributed by atoms with Crippen molar-refractivity contribution in [1.29, 1.82) is 0 Å². The normalized spacial score (nSPS) is 13.1. The molecule has 8 heteroatoms.